The number of carbonyl (C=O) groups excluding carboxylic acids is 2. The summed E-state index contributed by atoms with van der Waals surface area (Å²) in [6, 6.07) is 17.8. The zero-order valence-corrected chi connectivity index (χ0v) is 18.5. The summed E-state index contributed by atoms with van der Waals surface area (Å²) in [4.78, 5) is 24.6. The molecule has 2 amide bonds. The molecule has 160 valence electrons. The van der Waals surface area contributed by atoms with Crippen LogP contribution < -0.4 is 16.0 Å². The SMILES string of the molecule is CC(C)(C)c1ccc(C(=O)NC(=S)Nc2ccc(C(=O)NCc3ccco3)cc2)cc1. The average Bonchev–Trinajstić information content (AvgIpc) is 3.25. The molecule has 2 aromatic carbocycles. The Kier molecular flexibility index (Phi) is 6.87. The van der Waals surface area contributed by atoms with E-state index in [4.69, 9.17) is 16.6 Å². The van der Waals surface area contributed by atoms with E-state index < -0.39 is 0 Å². The van der Waals surface area contributed by atoms with Crippen LogP contribution in [0.2, 0.25) is 0 Å². The van der Waals surface area contributed by atoms with Crippen molar-refractivity contribution in [2.75, 3.05) is 5.32 Å². The first-order valence-electron chi connectivity index (χ1n) is 9.86. The fraction of sp³-hybridized carbons (Fsp3) is 0.208. The summed E-state index contributed by atoms with van der Waals surface area (Å²) < 4.78 is 5.19. The summed E-state index contributed by atoms with van der Waals surface area (Å²) >= 11 is 5.24. The lowest BCUT2D eigenvalue weighted by atomic mass is 9.87. The first-order valence-corrected chi connectivity index (χ1v) is 10.3. The summed E-state index contributed by atoms with van der Waals surface area (Å²) in [5, 5.41) is 8.58. The highest BCUT2D eigenvalue weighted by Crippen LogP contribution is 2.22. The van der Waals surface area contributed by atoms with Crippen LogP contribution >= 0.6 is 12.2 Å². The van der Waals surface area contributed by atoms with Gasteiger partial charge in [0.25, 0.3) is 11.8 Å². The van der Waals surface area contributed by atoms with Gasteiger partial charge in [-0.2, -0.15) is 0 Å². The van der Waals surface area contributed by atoms with Crippen molar-refractivity contribution < 1.29 is 14.0 Å². The Morgan fingerprint density at radius 3 is 2.10 bits per heavy atom. The molecule has 1 heterocycles. The van der Waals surface area contributed by atoms with Gasteiger partial charge in [-0.3, -0.25) is 14.9 Å². The van der Waals surface area contributed by atoms with E-state index in [2.05, 4.69) is 36.7 Å². The van der Waals surface area contributed by atoms with Crippen molar-refractivity contribution in [3.63, 3.8) is 0 Å². The van der Waals surface area contributed by atoms with Gasteiger partial charge >= 0.3 is 0 Å². The number of thiocarbonyl (C=S) groups is 1. The number of benzene rings is 2. The van der Waals surface area contributed by atoms with Gasteiger partial charge in [0.1, 0.15) is 5.76 Å². The average molecular weight is 436 g/mol. The zero-order valence-electron chi connectivity index (χ0n) is 17.7. The van der Waals surface area contributed by atoms with Gasteiger partial charge in [0, 0.05) is 16.8 Å². The lowest BCUT2D eigenvalue weighted by molar-refractivity contribution is 0.0946. The smallest absolute Gasteiger partial charge is 0.257 e. The Bertz CT molecular complexity index is 1050. The predicted octanol–water partition coefficient (Wildman–Crippen LogP) is 4.63. The number of hydrogen-bond donors (Lipinski definition) is 3. The second-order valence-corrected chi connectivity index (χ2v) is 8.48. The van der Waals surface area contributed by atoms with Crippen molar-refractivity contribution in [3.8, 4) is 0 Å². The third-order valence-electron chi connectivity index (χ3n) is 4.65. The second kappa shape index (κ2) is 9.57. The maximum atomic E-state index is 12.4. The van der Waals surface area contributed by atoms with E-state index >= 15 is 0 Å². The Labute approximate surface area is 187 Å². The van der Waals surface area contributed by atoms with E-state index in [1.165, 1.54) is 0 Å². The van der Waals surface area contributed by atoms with E-state index in [-0.39, 0.29) is 22.3 Å². The summed E-state index contributed by atoms with van der Waals surface area (Å²) in [6.07, 6.45) is 1.56. The van der Waals surface area contributed by atoms with Crippen molar-refractivity contribution in [2.24, 2.45) is 0 Å². The highest BCUT2D eigenvalue weighted by atomic mass is 32.1. The number of anilines is 1. The Morgan fingerprint density at radius 1 is 0.903 bits per heavy atom. The molecule has 0 aliphatic carbocycles. The van der Waals surface area contributed by atoms with Crippen molar-refractivity contribution in [1.29, 1.82) is 0 Å². The molecule has 0 unspecified atom stereocenters. The van der Waals surface area contributed by atoms with Crippen molar-refractivity contribution in [1.82, 2.24) is 10.6 Å². The third kappa shape index (κ3) is 6.26. The van der Waals surface area contributed by atoms with Crippen LogP contribution in [0, 0.1) is 0 Å². The molecule has 0 aliphatic rings. The Hall–Kier alpha value is -3.45. The molecule has 0 saturated carbocycles. The van der Waals surface area contributed by atoms with Gasteiger partial charge in [0.15, 0.2) is 5.11 Å². The number of hydrogen-bond acceptors (Lipinski definition) is 4. The molecule has 0 saturated heterocycles. The molecule has 7 heteroatoms. The van der Waals surface area contributed by atoms with Gasteiger partial charge in [-0.25, -0.2) is 0 Å². The normalized spacial score (nSPS) is 10.9. The van der Waals surface area contributed by atoms with Crippen molar-refractivity contribution in [2.45, 2.75) is 32.7 Å². The van der Waals surface area contributed by atoms with Gasteiger partial charge in [0.2, 0.25) is 0 Å². The lowest BCUT2D eigenvalue weighted by Gasteiger charge is -2.19. The molecule has 0 atom stereocenters. The fourth-order valence-corrected chi connectivity index (χ4v) is 3.06. The molecule has 3 N–H and O–H groups in total. The highest BCUT2D eigenvalue weighted by molar-refractivity contribution is 7.80. The quantitative estimate of drug-likeness (QED) is 0.509. The molecule has 0 spiro atoms. The number of furan rings is 1. The molecule has 6 nitrogen and oxygen atoms in total. The van der Waals surface area contributed by atoms with Crippen LogP contribution in [0.3, 0.4) is 0 Å². The summed E-state index contributed by atoms with van der Waals surface area (Å²) in [5.41, 5.74) is 2.87. The summed E-state index contributed by atoms with van der Waals surface area (Å²) in [6.45, 7) is 6.68. The Balaban J connectivity index is 1.52. The van der Waals surface area contributed by atoms with E-state index in [1.54, 1.807) is 54.8 Å². The molecular weight excluding hydrogens is 410 g/mol. The van der Waals surface area contributed by atoms with Gasteiger partial charge < -0.3 is 15.1 Å². The lowest BCUT2D eigenvalue weighted by Crippen LogP contribution is -2.34. The van der Waals surface area contributed by atoms with Crippen molar-refractivity contribution >= 4 is 34.8 Å². The van der Waals surface area contributed by atoms with Gasteiger partial charge in [-0.15, -0.1) is 0 Å². The highest BCUT2D eigenvalue weighted by Gasteiger charge is 2.15. The fourth-order valence-electron chi connectivity index (χ4n) is 2.85. The number of rotatable bonds is 5. The van der Waals surface area contributed by atoms with Crippen LogP contribution in [-0.2, 0) is 12.0 Å². The first-order chi connectivity index (χ1) is 14.7. The van der Waals surface area contributed by atoms with Crippen LogP contribution in [-0.4, -0.2) is 16.9 Å². The van der Waals surface area contributed by atoms with Crippen LogP contribution in [0.4, 0.5) is 5.69 Å². The molecule has 31 heavy (non-hydrogen) atoms. The number of amides is 2. The monoisotopic (exact) mass is 435 g/mol. The summed E-state index contributed by atoms with van der Waals surface area (Å²) in [7, 11) is 0. The molecular formula is C24H25N3O3S. The third-order valence-corrected chi connectivity index (χ3v) is 4.85. The number of carbonyl (C=O) groups is 2. The minimum atomic E-state index is -0.285. The van der Waals surface area contributed by atoms with Crippen molar-refractivity contribution in [3.05, 3.63) is 89.4 Å². The zero-order chi connectivity index (χ0) is 22.4. The molecule has 1 aromatic heterocycles. The van der Waals surface area contributed by atoms with E-state index in [9.17, 15) is 9.59 Å². The van der Waals surface area contributed by atoms with Gasteiger partial charge in [-0.1, -0.05) is 32.9 Å². The maximum Gasteiger partial charge on any atom is 0.257 e. The molecule has 3 rings (SSSR count). The molecule has 0 aliphatic heterocycles. The molecule has 0 fully saturated rings. The van der Waals surface area contributed by atoms with Crippen LogP contribution in [0.1, 0.15) is 52.8 Å². The van der Waals surface area contributed by atoms with E-state index in [0.29, 0.717) is 29.1 Å². The van der Waals surface area contributed by atoms with Crippen LogP contribution in [0.15, 0.2) is 71.3 Å². The predicted molar refractivity (Wildman–Crippen MR) is 125 cm³/mol. The largest absolute Gasteiger partial charge is 0.467 e. The second-order valence-electron chi connectivity index (χ2n) is 8.07. The van der Waals surface area contributed by atoms with Crippen LogP contribution in [0.5, 0.6) is 0 Å². The topological polar surface area (TPSA) is 83.4 Å². The summed E-state index contributed by atoms with van der Waals surface area (Å²) in [5.74, 6) is 0.185. The molecule has 0 radical (unpaired) electrons. The maximum absolute atomic E-state index is 12.4. The first kappa shape index (κ1) is 22.2. The van der Waals surface area contributed by atoms with Gasteiger partial charge in [-0.05, 0) is 71.7 Å². The minimum Gasteiger partial charge on any atom is -0.467 e. The molecule has 3 aromatic rings. The standard InChI is InChI=1S/C24H25N3O3S/c1-24(2,3)18-10-6-17(7-11-18)22(29)27-23(31)26-19-12-8-16(9-13-19)21(28)25-15-20-5-4-14-30-20/h4-14H,15H2,1-3H3,(H,25,28)(H2,26,27,29,31). The van der Waals surface area contributed by atoms with E-state index in [1.807, 2.05) is 12.1 Å². The Morgan fingerprint density at radius 2 is 1.52 bits per heavy atom. The van der Waals surface area contributed by atoms with E-state index in [0.717, 1.165) is 5.56 Å². The number of nitrogens with one attached hydrogen (secondary N) is 3. The van der Waals surface area contributed by atoms with Crippen LogP contribution in [0.25, 0.3) is 0 Å². The molecule has 0 bridgehead atoms. The minimum absolute atomic E-state index is 0.0215. The van der Waals surface area contributed by atoms with Gasteiger partial charge in [0.05, 0.1) is 12.8 Å².